The molecule has 1 heterocycles. The van der Waals surface area contributed by atoms with E-state index in [0.717, 1.165) is 32.4 Å². The maximum atomic E-state index is 11.5. The van der Waals surface area contributed by atoms with Crippen LogP contribution in [-0.2, 0) is 11.3 Å². The van der Waals surface area contributed by atoms with Crippen LogP contribution in [-0.4, -0.2) is 28.1 Å². The van der Waals surface area contributed by atoms with Crippen molar-refractivity contribution in [2.24, 2.45) is 0 Å². The number of likely N-dealkylation sites (tertiary alicyclic amines) is 1. The Morgan fingerprint density at radius 3 is 2.67 bits per heavy atom. The topological polar surface area (TPSA) is 40.5 Å². The van der Waals surface area contributed by atoms with Crippen LogP contribution in [0.25, 0.3) is 0 Å². The molecular weight excluding hydrogens is 341 g/mol. The fourth-order valence-electron chi connectivity index (χ4n) is 2.48. The molecule has 1 aliphatic rings. The molecule has 18 heavy (non-hydrogen) atoms. The van der Waals surface area contributed by atoms with Crippen LogP contribution in [0.15, 0.2) is 24.3 Å². The summed E-state index contributed by atoms with van der Waals surface area (Å²) >= 11 is 2.28. The number of aliphatic carboxylic acids is 1. The first-order valence-corrected chi connectivity index (χ1v) is 7.33. The number of carbonyl (C=O) groups is 1. The number of benzene rings is 1. The first-order valence-electron chi connectivity index (χ1n) is 6.25. The fraction of sp³-hybridized carbons (Fsp3) is 0.500. The minimum Gasteiger partial charge on any atom is -0.480 e. The molecule has 1 fully saturated rings. The molecule has 1 atom stereocenters. The number of piperidine rings is 1. The minimum atomic E-state index is -0.707. The Bertz CT molecular complexity index is 432. The molecule has 3 nitrogen and oxygen atoms in total. The highest BCUT2D eigenvalue weighted by Gasteiger charge is 2.40. The summed E-state index contributed by atoms with van der Waals surface area (Å²) in [5.74, 6) is -0.701. The summed E-state index contributed by atoms with van der Waals surface area (Å²) in [7, 11) is 0. The number of rotatable bonds is 3. The Morgan fingerprint density at radius 2 is 2.06 bits per heavy atom. The van der Waals surface area contributed by atoms with Gasteiger partial charge in [-0.3, -0.25) is 9.69 Å². The van der Waals surface area contributed by atoms with Crippen LogP contribution in [0.1, 0.15) is 31.7 Å². The third-order valence-corrected chi connectivity index (χ3v) is 4.51. The lowest BCUT2D eigenvalue weighted by molar-refractivity contribution is -0.153. The van der Waals surface area contributed by atoms with Crippen LogP contribution in [0, 0.1) is 3.57 Å². The van der Waals surface area contributed by atoms with Crippen molar-refractivity contribution in [1.82, 2.24) is 4.90 Å². The summed E-state index contributed by atoms with van der Waals surface area (Å²) in [5, 5.41) is 9.45. The van der Waals surface area contributed by atoms with Gasteiger partial charge in [0.05, 0.1) is 0 Å². The van der Waals surface area contributed by atoms with E-state index < -0.39 is 11.5 Å². The largest absolute Gasteiger partial charge is 0.480 e. The number of carboxylic acids is 1. The molecule has 0 saturated carbocycles. The van der Waals surface area contributed by atoms with Crippen LogP contribution in [0.4, 0.5) is 0 Å². The summed E-state index contributed by atoms with van der Waals surface area (Å²) in [4.78, 5) is 13.6. The number of carboxylic acid groups (broad SMARTS) is 1. The quantitative estimate of drug-likeness (QED) is 0.844. The van der Waals surface area contributed by atoms with Crippen molar-refractivity contribution in [1.29, 1.82) is 0 Å². The molecule has 1 aromatic carbocycles. The average molecular weight is 359 g/mol. The molecule has 1 aliphatic heterocycles. The zero-order valence-corrected chi connectivity index (χ0v) is 12.7. The molecule has 0 aromatic heterocycles. The second-order valence-electron chi connectivity index (χ2n) is 5.08. The van der Waals surface area contributed by atoms with Gasteiger partial charge in [-0.05, 0) is 73.0 Å². The smallest absolute Gasteiger partial charge is 0.323 e. The fourth-order valence-corrected chi connectivity index (χ4v) is 2.84. The molecule has 1 saturated heterocycles. The Morgan fingerprint density at radius 1 is 1.39 bits per heavy atom. The predicted octanol–water partition coefficient (Wildman–Crippen LogP) is 3.12. The minimum absolute atomic E-state index is 0.701. The van der Waals surface area contributed by atoms with Gasteiger partial charge in [0.1, 0.15) is 5.54 Å². The lowest BCUT2D eigenvalue weighted by Crippen LogP contribution is -2.54. The van der Waals surface area contributed by atoms with Gasteiger partial charge < -0.3 is 5.11 Å². The predicted molar refractivity (Wildman–Crippen MR) is 79.5 cm³/mol. The monoisotopic (exact) mass is 359 g/mol. The summed E-state index contributed by atoms with van der Waals surface area (Å²) in [6, 6.07) is 8.30. The van der Waals surface area contributed by atoms with Crippen molar-refractivity contribution in [3.05, 3.63) is 33.4 Å². The van der Waals surface area contributed by atoms with Crippen molar-refractivity contribution in [2.75, 3.05) is 6.54 Å². The second-order valence-corrected chi connectivity index (χ2v) is 6.33. The maximum Gasteiger partial charge on any atom is 0.323 e. The highest BCUT2D eigenvalue weighted by Crippen LogP contribution is 2.29. The van der Waals surface area contributed by atoms with Crippen molar-refractivity contribution in [3.8, 4) is 0 Å². The molecule has 0 aliphatic carbocycles. The number of halogens is 1. The number of nitrogens with zero attached hydrogens (tertiary/aromatic N) is 1. The molecule has 1 N–H and O–H groups in total. The molecule has 0 amide bonds. The van der Waals surface area contributed by atoms with E-state index in [0.29, 0.717) is 0 Å². The van der Waals surface area contributed by atoms with Gasteiger partial charge in [-0.25, -0.2) is 0 Å². The van der Waals surface area contributed by atoms with Crippen molar-refractivity contribution in [3.63, 3.8) is 0 Å². The molecule has 1 unspecified atom stereocenters. The van der Waals surface area contributed by atoms with E-state index in [1.54, 1.807) is 0 Å². The molecular formula is C14H18INO2. The first-order chi connectivity index (χ1) is 8.52. The molecule has 0 bridgehead atoms. The highest BCUT2D eigenvalue weighted by atomic mass is 127. The molecule has 4 heteroatoms. The van der Waals surface area contributed by atoms with Crippen LogP contribution < -0.4 is 0 Å². The standard InChI is InChI=1S/C14H18INO2/c1-14(13(17)18)8-2-3-9-16(14)10-11-4-6-12(15)7-5-11/h4-7H,2-3,8-10H2,1H3,(H,17,18). The maximum absolute atomic E-state index is 11.5. The molecule has 1 aromatic rings. The molecule has 2 rings (SSSR count). The Kier molecular flexibility index (Phi) is 4.27. The van der Waals surface area contributed by atoms with Gasteiger partial charge in [0.25, 0.3) is 0 Å². The molecule has 0 radical (unpaired) electrons. The third kappa shape index (κ3) is 2.85. The SMILES string of the molecule is CC1(C(=O)O)CCCCN1Cc1ccc(I)cc1. The van der Waals surface area contributed by atoms with Gasteiger partial charge in [0, 0.05) is 10.1 Å². The van der Waals surface area contributed by atoms with Crippen LogP contribution in [0.5, 0.6) is 0 Å². The van der Waals surface area contributed by atoms with Gasteiger partial charge in [-0.15, -0.1) is 0 Å². The van der Waals surface area contributed by atoms with Crippen molar-refractivity contribution >= 4 is 28.6 Å². The van der Waals surface area contributed by atoms with E-state index in [4.69, 9.17) is 0 Å². The Balaban J connectivity index is 2.15. The van der Waals surface area contributed by atoms with E-state index in [1.807, 2.05) is 6.92 Å². The average Bonchev–Trinajstić information content (AvgIpc) is 2.35. The third-order valence-electron chi connectivity index (χ3n) is 3.79. The zero-order valence-electron chi connectivity index (χ0n) is 10.5. The van der Waals surface area contributed by atoms with Gasteiger partial charge >= 0.3 is 5.97 Å². The van der Waals surface area contributed by atoms with Gasteiger partial charge in [-0.2, -0.15) is 0 Å². The highest BCUT2D eigenvalue weighted by molar-refractivity contribution is 14.1. The van der Waals surface area contributed by atoms with Gasteiger partial charge in [-0.1, -0.05) is 12.1 Å². The first kappa shape index (κ1) is 13.8. The summed E-state index contributed by atoms with van der Waals surface area (Å²) in [6.07, 6.45) is 2.84. The van der Waals surface area contributed by atoms with Gasteiger partial charge in [0.2, 0.25) is 0 Å². The van der Waals surface area contributed by atoms with E-state index in [1.165, 1.54) is 9.13 Å². The van der Waals surface area contributed by atoms with Crippen molar-refractivity contribution < 1.29 is 9.90 Å². The van der Waals surface area contributed by atoms with Crippen LogP contribution >= 0.6 is 22.6 Å². The van der Waals surface area contributed by atoms with Crippen molar-refractivity contribution in [2.45, 2.75) is 38.3 Å². The van der Waals surface area contributed by atoms with Crippen LogP contribution in [0.2, 0.25) is 0 Å². The van der Waals surface area contributed by atoms with E-state index in [2.05, 4.69) is 51.8 Å². The Labute approximate surface area is 121 Å². The molecule has 98 valence electrons. The van der Waals surface area contributed by atoms with Crippen LogP contribution in [0.3, 0.4) is 0 Å². The summed E-state index contributed by atoms with van der Waals surface area (Å²) in [6.45, 7) is 3.44. The normalized spacial score (nSPS) is 25.0. The second kappa shape index (κ2) is 5.57. The Hall–Kier alpha value is -0.620. The zero-order chi connectivity index (χ0) is 13.2. The number of hydrogen-bond donors (Lipinski definition) is 1. The summed E-state index contributed by atoms with van der Waals surface area (Å²) in [5.41, 5.74) is 0.478. The van der Waals surface area contributed by atoms with E-state index in [-0.39, 0.29) is 0 Å². The summed E-state index contributed by atoms with van der Waals surface area (Å²) < 4.78 is 1.20. The lowest BCUT2D eigenvalue weighted by Gasteiger charge is -2.41. The van der Waals surface area contributed by atoms with E-state index in [9.17, 15) is 9.90 Å². The lowest BCUT2D eigenvalue weighted by atomic mass is 9.88. The number of hydrogen-bond acceptors (Lipinski definition) is 2. The van der Waals surface area contributed by atoms with Gasteiger partial charge in [0.15, 0.2) is 0 Å². The molecule has 0 spiro atoms. The van der Waals surface area contributed by atoms with E-state index >= 15 is 0 Å².